The molecule has 0 bridgehead atoms. The number of carbonyl (C=O) groups is 1. The fourth-order valence-electron chi connectivity index (χ4n) is 0.373. The fourth-order valence-corrected chi connectivity index (χ4v) is 0.476. The van der Waals surface area contributed by atoms with Gasteiger partial charge < -0.3 is 4.74 Å². The molecule has 2 nitrogen and oxygen atoms in total. The molecule has 0 rings (SSSR count). The Kier molecular flexibility index (Phi) is 3.62. The van der Waals surface area contributed by atoms with E-state index in [1.807, 2.05) is 0 Å². The third-order valence-electron chi connectivity index (χ3n) is 1.26. The van der Waals surface area contributed by atoms with Crippen LogP contribution < -0.4 is 0 Å². The monoisotopic (exact) mass is 150 g/mol. The molecule has 0 aliphatic carbocycles. The van der Waals surface area contributed by atoms with Crippen molar-refractivity contribution in [3.63, 3.8) is 0 Å². The zero-order chi connectivity index (χ0) is 7.44. The van der Waals surface area contributed by atoms with Gasteiger partial charge in [0.15, 0.2) is 0 Å². The van der Waals surface area contributed by atoms with E-state index in [1.165, 1.54) is 7.11 Å². The summed E-state index contributed by atoms with van der Waals surface area (Å²) in [6.45, 7) is 3.51. The van der Waals surface area contributed by atoms with Crippen molar-refractivity contribution in [2.45, 2.75) is 19.2 Å². The second-order valence-electron chi connectivity index (χ2n) is 1.99. The first-order valence-corrected chi connectivity index (χ1v) is 3.25. The number of alkyl halides is 1. The second kappa shape index (κ2) is 3.72. The van der Waals surface area contributed by atoms with E-state index in [2.05, 4.69) is 4.74 Å². The molecule has 0 aliphatic heterocycles. The minimum absolute atomic E-state index is 0.155. The predicted octanol–water partition coefficient (Wildman–Crippen LogP) is 1.42. The summed E-state index contributed by atoms with van der Waals surface area (Å²) < 4.78 is 4.45. The molecule has 0 heterocycles. The van der Waals surface area contributed by atoms with Crippen LogP contribution in [0.3, 0.4) is 0 Å². The maximum absolute atomic E-state index is 10.6. The lowest BCUT2D eigenvalue weighted by Crippen LogP contribution is -2.19. The lowest BCUT2D eigenvalue weighted by molar-refractivity contribution is -0.144. The molecule has 0 saturated heterocycles. The lowest BCUT2D eigenvalue weighted by atomic mass is 10.1. The van der Waals surface area contributed by atoms with Crippen molar-refractivity contribution in [2.75, 3.05) is 7.11 Å². The molecule has 0 aromatic rings. The Morgan fingerprint density at radius 2 is 2.00 bits per heavy atom. The minimum Gasteiger partial charge on any atom is -0.469 e. The Balaban J connectivity index is 3.72. The Bertz CT molecular complexity index is 101. The third kappa shape index (κ3) is 2.70. The van der Waals surface area contributed by atoms with Gasteiger partial charge in [-0.05, 0) is 6.92 Å². The fraction of sp³-hybridized carbons (Fsp3) is 0.833. The van der Waals surface area contributed by atoms with Crippen molar-refractivity contribution in [1.82, 2.24) is 0 Å². The number of hydrogen-bond acceptors (Lipinski definition) is 2. The van der Waals surface area contributed by atoms with Gasteiger partial charge in [0.1, 0.15) is 0 Å². The van der Waals surface area contributed by atoms with Gasteiger partial charge in [0, 0.05) is 5.38 Å². The highest BCUT2D eigenvalue weighted by Crippen LogP contribution is 2.09. The van der Waals surface area contributed by atoms with Crippen LogP contribution in [0, 0.1) is 5.92 Å². The van der Waals surface area contributed by atoms with Gasteiger partial charge in [0.2, 0.25) is 0 Å². The summed E-state index contributed by atoms with van der Waals surface area (Å²) in [6, 6.07) is 0. The largest absolute Gasteiger partial charge is 0.469 e. The van der Waals surface area contributed by atoms with Crippen molar-refractivity contribution >= 4 is 17.6 Å². The van der Waals surface area contributed by atoms with Crippen LogP contribution in [0.15, 0.2) is 0 Å². The van der Waals surface area contributed by atoms with E-state index in [0.717, 1.165) is 0 Å². The quantitative estimate of drug-likeness (QED) is 0.440. The highest BCUT2D eigenvalue weighted by molar-refractivity contribution is 6.21. The highest BCUT2D eigenvalue weighted by atomic mass is 35.5. The van der Waals surface area contributed by atoms with Crippen LogP contribution in [0.2, 0.25) is 0 Å². The van der Waals surface area contributed by atoms with E-state index in [9.17, 15) is 4.79 Å². The molecule has 9 heavy (non-hydrogen) atoms. The van der Waals surface area contributed by atoms with E-state index in [0.29, 0.717) is 0 Å². The Morgan fingerprint density at radius 1 is 1.56 bits per heavy atom. The number of rotatable bonds is 2. The summed E-state index contributed by atoms with van der Waals surface area (Å²) in [5, 5.41) is -0.155. The van der Waals surface area contributed by atoms with Gasteiger partial charge in [-0.3, -0.25) is 4.79 Å². The normalized spacial score (nSPS) is 16.4. The van der Waals surface area contributed by atoms with Crippen LogP contribution in [0.4, 0.5) is 0 Å². The molecule has 0 aromatic heterocycles. The first-order valence-electron chi connectivity index (χ1n) is 2.81. The van der Waals surface area contributed by atoms with Crippen LogP contribution in [-0.4, -0.2) is 18.5 Å². The van der Waals surface area contributed by atoms with Crippen LogP contribution in [-0.2, 0) is 9.53 Å². The summed E-state index contributed by atoms with van der Waals surface area (Å²) >= 11 is 5.60. The van der Waals surface area contributed by atoms with Crippen molar-refractivity contribution < 1.29 is 9.53 Å². The van der Waals surface area contributed by atoms with Gasteiger partial charge in [-0.15, -0.1) is 11.6 Å². The summed E-state index contributed by atoms with van der Waals surface area (Å²) in [5.41, 5.74) is 0. The summed E-state index contributed by atoms with van der Waals surface area (Å²) in [6.07, 6.45) is 0. The van der Waals surface area contributed by atoms with Gasteiger partial charge in [-0.25, -0.2) is 0 Å². The molecule has 0 amide bonds. The average Bonchev–Trinajstić information content (AvgIpc) is 1.84. The van der Waals surface area contributed by atoms with E-state index in [4.69, 9.17) is 11.6 Å². The van der Waals surface area contributed by atoms with Crippen molar-refractivity contribution in [2.24, 2.45) is 5.92 Å². The number of carbonyl (C=O) groups excluding carboxylic acids is 1. The van der Waals surface area contributed by atoms with Crippen LogP contribution in [0.5, 0.6) is 0 Å². The average molecular weight is 151 g/mol. The number of hydrogen-bond donors (Lipinski definition) is 0. The molecule has 0 saturated carbocycles. The van der Waals surface area contributed by atoms with Crippen LogP contribution in [0.1, 0.15) is 13.8 Å². The Morgan fingerprint density at radius 3 is 2.11 bits per heavy atom. The van der Waals surface area contributed by atoms with Gasteiger partial charge in [0.25, 0.3) is 0 Å². The van der Waals surface area contributed by atoms with E-state index in [1.54, 1.807) is 13.8 Å². The molecule has 0 aliphatic rings. The van der Waals surface area contributed by atoms with Gasteiger partial charge in [-0.2, -0.15) is 0 Å². The van der Waals surface area contributed by atoms with Crippen LogP contribution >= 0.6 is 11.6 Å². The molecule has 54 valence electrons. The van der Waals surface area contributed by atoms with Crippen molar-refractivity contribution in [3.05, 3.63) is 0 Å². The molecule has 0 unspecified atom stereocenters. The van der Waals surface area contributed by atoms with E-state index < -0.39 is 0 Å². The molecule has 0 spiro atoms. The third-order valence-corrected chi connectivity index (χ3v) is 1.64. The molecule has 0 aromatic carbocycles. The van der Waals surface area contributed by atoms with Gasteiger partial charge in [0.05, 0.1) is 13.0 Å². The Hall–Kier alpha value is -0.240. The first-order chi connectivity index (χ1) is 4.09. The van der Waals surface area contributed by atoms with E-state index >= 15 is 0 Å². The number of ether oxygens (including phenoxy) is 1. The lowest BCUT2D eigenvalue weighted by Gasteiger charge is -2.09. The predicted molar refractivity (Wildman–Crippen MR) is 36.5 cm³/mol. The van der Waals surface area contributed by atoms with Gasteiger partial charge >= 0.3 is 5.97 Å². The molecule has 0 fully saturated rings. The SMILES string of the molecule is COC(=O)[C@@H](C)[C@@H](C)Cl. The standard InChI is InChI=1S/C6H11ClO2/c1-4(5(2)7)6(8)9-3/h4-5H,1-3H3/t4-,5+/m0/s1. The molecule has 0 radical (unpaired) electrons. The smallest absolute Gasteiger partial charge is 0.309 e. The minimum atomic E-state index is -0.252. The maximum Gasteiger partial charge on any atom is 0.309 e. The second-order valence-corrected chi connectivity index (χ2v) is 2.68. The Labute approximate surface area is 60.1 Å². The summed E-state index contributed by atoms with van der Waals surface area (Å²) in [4.78, 5) is 10.6. The molecular formula is C6H11ClO2. The molecular weight excluding hydrogens is 140 g/mol. The zero-order valence-corrected chi connectivity index (χ0v) is 6.61. The van der Waals surface area contributed by atoms with Gasteiger partial charge in [-0.1, -0.05) is 6.92 Å². The molecule has 0 N–H and O–H groups in total. The topological polar surface area (TPSA) is 26.3 Å². The molecule has 3 heteroatoms. The highest BCUT2D eigenvalue weighted by Gasteiger charge is 2.17. The van der Waals surface area contributed by atoms with Crippen molar-refractivity contribution in [1.29, 1.82) is 0 Å². The maximum atomic E-state index is 10.6. The number of methoxy groups -OCH3 is 1. The van der Waals surface area contributed by atoms with E-state index in [-0.39, 0.29) is 17.3 Å². The number of halogens is 1. The number of esters is 1. The summed E-state index contributed by atoms with van der Waals surface area (Å²) in [7, 11) is 1.36. The summed E-state index contributed by atoms with van der Waals surface area (Å²) in [5.74, 6) is -0.464. The molecule has 2 atom stereocenters. The first kappa shape index (κ1) is 8.76. The zero-order valence-electron chi connectivity index (χ0n) is 5.85. The van der Waals surface area contributed by atoms with Crippen LogP contribution in [0.25, 0.3) is 0 Å². The van der Waals surface area contributed by atoms with Crippen molar-refractivity contribution in [3.8, 4) is 0 Å².